The zero-order valence-electron chi connectivity index (χ0n) is 14.6. The standard InChI is InChI=1S/C19H22N2O4S/c1-25-18-8-6-15(7-9-18)10-11-20-19(22)16-4-2-5-17(14-16)21-12-3-13-26(21,23)24/h2,4-9,14H,3,10-13H2,1H3,(H,20,22). The van der Waals surface area contributed by atoms with Gasteiger partial charge in [-0.15, -0.1) is 0 Å². The van der Waals surface area contributed by atoms with E-state index >= 15 is 0 Å². The lowest BCUT2D eigenvalue weighted by Crippen LogP contribution is -2.27. The Morgan fingerprint density at radius 1 is 1.19 bits per heavy atom. The molecule has 0 spiro atoms. The number of nitrogens with zero attached hydrogens (tertiary/aromatic N) is 1. The summed E-state index contributed by atoms with van der Waals surface area (Å²) in [7, 11) is -1.63. The van der Waals surface area contributed by atoms with Crippen molar-refractivity contribution in [1.82, 2.24) is 5.32 Å². The van der Waals surface area contributed by atoms with Crippen molar-refractivity contribution in [3.05, 3.63) is 59.7 Å². The SMILES string of the molecule is COc1ccc(CCNC(=O)c2cccc(N3CCCS3(=O)=O)c2)cc1. The third kappa shape index (κ3) is 4.16. The van der Waals surface area contributed by atoms with E-state index in [0.717, 1.165) is 11.3 Å². The van der Waals surface area contributed by atoms with Crippen molar-refractivity contribution in [2.24, 2.45) is 0 Å². The van der Waals surface area contributed by atoms with Crippen LogP contribution in [0.1, 0.15) is 22.3 Å². The Hall–Kier alpha value is -2.54. The van der Waals surface area contributed by atoms with Gasteiger partial charge < -0.3 is 10.1 Å². The second kappa shape index (κ2) is 7.78. The maximum absolute atomic E-state index is 12.4. The van der Waals surface area contributed by atoms with Crippen LogP contribution in [0.3, 0.4) is 0 Å². The minimum Gasteiger partial charge on any atom is -0.497 e. The van der Waals surface area contributed by atoms with E-state index in [0.29, 0.717) is 37.2 Å². The Bertz CT molecular complexity index is 879. The quantitative estimate of drug-likeness (QED) is 0.841. The number of nitrogens with one attached hydrogen (secondary N) is 1. The van der Waals surface area contributed by atoms with Gasteiger partial charge in [-0.25, -0.2) is 8.42 Å². The number of sulfonamides is 1. The summed E-state index contributed by atoms with van der Waals surface area (Å²) in [6.45, 7) is 0.961. The predicted molar refractivity (Wildman–Crippen MR) is 101 cm³/mol. The highest BCUT2D eigenvalue weighted by Gasteiger charge is 2.28. The molecule has 1 N–H and O–H groups in total. The van der Waals surface area contributed by atoms with Gasteiger partial charge in [0.15, 0.2) is 0 Å². The molecule has 1 fully saturated rings. The largest absolute Gasteiger partial charge is 0.497 e. The average molecular weight is 374 g/mol. The summed E-state index contributed by atoms with van der Waals surface area (Å²) in [4.78, 5) is 12.4. The highest BCUT2D eigenvalue weighted by molar-refractivity contribution is 7.93. The van der Waals surface area contributed by atoms with Crippen LogP contribution in [0.2, 0.25) is 0 Å². The number of carbonyl (C=O) groups excluding carboxylic acids is 1. The van der Waals surface area contributed by atoms with Crippen molar-refractivity contribution >= 4 is 21.6 Å². The molecule has 1 heterocycles. The number of hydrogen-bond acceptors (Lipinski definition) is 4. The summed E-state index contributed by atoms with van der Waals surface area (Å²) in [5, 5.41) is 2.88. The summed E-state index contributed by atoms with van der Waals surface area (Å²) in [5.74, 6) is 0.745. The zero-order valence-corrected chi connectivity index (χ0v) is 15.5. The molecule has 0 radical (unpaired) electrons. The molecule has 0 atom stereocenters. The third-order valence-electron chi connectivity index (χ3n) is 4.35. The fraction of sp³-hybridized carbons (Fsp3) is 0.316. The van der Waals surface area contributed by atoms with E-state index in [1.807, 2.05) is 24.3 Å². The molecule has 1 saturated heterocycles. The van der Waals surface area contributed by atoms with Crippen LogP contribution >= 0.6 is 0 Å². The molecule has 0 unspecified atom stereocenters. The molecule has 1 amide bonds. The lowest BCUT2D eigenvalue weighted by Gasteiger charge is -2.17. The van der Waals surface area contributed by atoms with Gasteiger partial charge in [-0.1, -0.05) is 18.2 Å². The van der Waals surface area contributed by atoms with E-state index < -0.39 is 10.0 Å². The van der Waals surface area contributed by atoms with Crippen LogP contribution in [0, 0.1) is 0 Å². The smallest absolute Gasteiger partial charge is 0.251 e. The molecule has 1 aliphatic heterocycles. The topological polar surface area (TPSA) is 75.7 Å². The van der Waals surface area contributed by atoms with Crippen LogP contribution in [-0.2, 0) is 16.4 Å². The summed E-state index contributed by atoms with van der Waals surface area (Å²) >= 11 is 0. The second-order valence-electron chi connectivity index (χ2n) is 6.15. The minimum atomic E-state index is -3.25. The average Bonchev–Trinajstić information content (AvgIpc) is 3.01. The van der Waals surface area contributed by atoms with Crippen LogP contribution < -0.4 is 14.4 Å². The van der Waals surface area contributed by atoms with Gasteiger partial charge in [-0.05, 0) is 48.7 Å². The molecule has 2 aromatic rings. The molecule has 0 aromatic heterocycles. The molecular formula is C19H22N2O4S. The fourth-order valence-corrected chi connectivity index (χ4v) is 4.50. The van der Waals surface area contributed by atoms with Gasteiger partial charge in [0.25, 0.3) is 5.91 Å². The number of ether oxygens (including phenoxy) is 1. The zero-order chi connectivity index (χ0) is 18.6. The Morgan fingerprint density at radius 2 is 1.96 bits per heavy atom. The van der Waals surface area contributed by atoms with E-state index in [1.165, 1.54) is 4.31 Å². The van der Waals surface area contributed by atoms with Crippen molar-refractivity contribution in [3.8, 4) is 5.75 Å². The first-order valence-electron chi connectivity index (χ1n) is 8.51. The van der Waals surface area contributed by atoms with Gasteiger partial charge in [0.1, 0.15) is 5.75 Å². The number of rotatable bonds is 6. The van der Waals surface area contributed by atoms with Crippen molar-refractivity contribution in [2.75, 3.05) is 30.3 Å². The van der Waals surface area contributed by atoms with Gasteiger partial charge in [-0.2, -0.15) is 0 Å². The van der Waals surface area contributed by atoms with Crippen LogP contribution in [-0.4, -0.2) is 40.3 Å². The predicted octanol–water partition coefficient (Wildman–Crippen LogP) is 2.21. The highest BCUT2D eigenvalue weighted by atomic mass is 32.2. The second-order valence-corrected chi connectivity index (χ2v) is 8.16. The molecule has 0 bridgehead atoms. The molecule has 2 aromatic carbocycles. The molecule has 3 rings (SSSR count). The molecular weight excluding hydrogens is 352 g/mol. The summed E-state index contributed by atoms with van der Waals surface area (Å²) in [6, 6.07) is 14.4. The van der Waals surface area contributed by atoms with E-state index in [-0.39, 0.29) is 11.7 Å². The van der Waals surface area contributed by atoms with E-state index in [2.05, 4.69) is 5.32 Å². The van der Waals surface area contributed by atoms with Gasteiger partial charge in [0.2, 0.25) is 10.0 Å². The molecule has 0 aliphatic carbocycles. The van der Waals surface area contributed by atoms with E-state index in [4.69, 9.17) is 4.74 Å². The Labute approximate surface area is 153 Å². The molecule has 0 saturated carbocycles. The summed E-state index contributed by atoms with van der Waals surface area (Å²) in [5.41, 5.74) is 2.10. The lowest BCUT2D eigenvalue weighted by atomic mass is 10.1. The lowest BCUT2D eigenvalue weighted by molar-refractivity contribution is 0.0954. The fourth-order valence-electron chi connectivity index (χ4n) is 2.95. The molecule has 26 heavy (non-hydrogen) atoms. The normalized spacial score (nSPS) is 15.7. The number of hydrogen-bond donors (Lipinski definition) is 1. The Morgan fingerprint density at radius 3 is 2.62 bits per heavy atom. The first kappa shape index (κ1) is 18.3. The molecule has 1 aliphatic rings. The minimum absolute atomic E-state index is 0.158. The Balaban J connectivity index is 1.60. The van der Waals surface area contributed by atoms with Gasteiger partial charge in [-0.3, -0.25) is 9.10 Å². The molecule has 6 nitrogen and oxygen atoms in total. The van der Waals surface area contributed by atoms with Crippen molar-refractivity contribution < 1.29 is 17.9 Å². The number of anilines is 1. The van der Waals surface area contributed by atoms with Crippen molar-refractivity contribution in [2.45, 2.75) is 12.8 Å². The summed E-state index contributed by atoms with van der Waals surface area (Å²) in [6.07, 6.45) is 1.32. The van der Waals surface area contributed by atoms with Crippen LogP contribution in [0.15, 0.2) is 48.5 Å². The molecule has 7 heteroatoms. The maximum atomic E-state index is 12.4. The first-order valence-corrected chi connectivity index (χ1v) is 10.1. The molecule has 138 valence electrons. The van der Waals surface area contributed by atoms with Crippen LogP contribution in [0.25, 0.3) is 0 Å². The van der Waals surface area contributed by atoms with Gasteiger partial charge in [0.05, 0.1) is 18.6 Å². The van der Waals surface area contributed by atoms with Gasteiger partial charge in [0, 0.05) is 18.7 Å². The van der Waals surface area contributed by atoms with E-state index in [9.17, 15) is 13.2 Å². The Kier molecular flexibility index (Phi) is 5.46. The highest BCUT2D eigenvalue weighted by Crippen LogP contribution is 2.24. The number of methoxy groups -OCH3 is 1. The number of carbonyl (C=O) groups is 1. The summed E-state index contributed by atoms with van der Waals surface area (Å²) < 4.78 is 30.6. The van der Waals surface area contributed by atoms with Gasteiger partial charge >= 0.3 is 0 Å². The van der Waals surface area contributed by atoms with Crippen LogP contribution in [0.5, 0.6) is 5.75 Å². The third-order valence-corrected chi connectivity index (χ3v) is 6.22. The maximum Gasteiger partial charge on any atom is 0.251 e. The van der Waals surface area contributed by atoms with Crippen molar-refractivity contribution in [3.63, 3.8) is 0 Å². The van der Waals surface area contributed by atoms with E-state index in [1.54, 1.807) is 31.4 Å². The van der Waals surface area contributed by atoms with Crippen molar-refractivity contribution in [1.29, 1.82) is 0 Å². The first-order chi connectivity index (χ1) is 12.5. The number of amides is 1. The monoisotopic (exact) mass is 374 g/mol. The number of benzene rings is 2. The van der Waals surface area contributed by atoms with Crippen LogP contribution in [0.4, 0.5) is 5.69 Å².